The van der Waals surface area contributed by atoms with E-state index in [2.05, 4.69) is 42.3 Å². The number of rotatable bonds is 3. The normalized spacial score (nSPS) is 23.1. The van der Waals surface area contributed by atoms with E-state index in [0.717, 1.165) is 19.0 Å². The molecule has 3 rings (SSSR count). The van der Waals surface area contributed by atoms with Crippen LogP contribution in [0.2, 0.25) is 0 Å². The Morgan fingerprint density at radius 2 is 1.76 bits per heavy atom. The second-order valence-corrected chi connectivity index (χ2v) is 6.99. The molecular weight excluding hydrogens is 256 g/mol. The van der Waals surface area contributed by atoms with Crippen LogP contribution in [0.1, 0.15) is 54.8 Å². The molecule has 1 aromatic rings. The molecule has 1 aliphatic carbocycles. The number of nitrogens with zero attached hydrogens (tertiary/aromatic N) is 1. The number of hydrogen-bond acceptors (Lipinski definition) is 2. The van der Waals surface area contributed by atoms with Gasteiger partial charge in [-0.1, -0.05) is 43.0 Å². The maximum Gasteiger partial charge on any atom is 0.0380 e. The third-order valence-corrected chi connectivity index (χ3v) is 5.39. The molecule has 0 amide bonds. The maximum atomic E-state index is 3.51. The van der Waals surface area contributed by atoms with E-state index in [1.165, 1.54) is 56.3 Å². The molecule has 1 saturated heterocycles. The van der Waals surface area contributed by atoms with Crippen molar-refractivity contribution in [3.8, 4) is 0 Å². The zero-order valence-electron chi connectivity index (χ0n) is 13.7. The lowest BCUT2D eigenvalue weighted by atomic mass is 9.79. The van der Waals surface area contributed by atoms with E-state index in [4.69, 9.17) is 0 Å². The zero-order valence-corrected chi connectivity index (χ0v) is 13.7. The van der Waals surface area contributed by atoms with Crippen molar-refractivity contribution in [1.82, 2.24) is 10.2 Å². The van der Waals surface area contributed by atoms with Gasteiger partial charge in [0.2, 0.25) is 0 Å². The van der Waals surface area contributed by atoms with Crippen molar-refractivity contribution >= 4 is 0 Å². The molecule has 0 spiro atoms. The van der Waals surface area contributed by atoms with Crippen molar-refractivity contribution in [3.63, 3.8) is 0 Å². The standard InChI is InChI=1S/C19H30N2/c1-15-8-9-16(2)18(14-15)19(17-6-4-3-5-7-17)21-12-10-20-11-13-21/h8-9,14,17,19-20H,3-7,10-13H2,1-2H3/t19-/m0/s1. The molecule has 2 aliphatic rings. The molecule has 1 N–H and O–H groups in total. The van der Waals surface area contributed by atoms with Crippen LogP contribution in [0, 0.1) is 19.8 Å². The summed E-state index contributed by atoms with van der Waals surface area (Å²) in [5.74, 6) is 0.859. The molecule has 1 saturated carbocycles. The number of benzene rings is 1. The first kappa shape index (κ1) is 15.1. The Bertz CT molecular complexity index is 439. The highest BCUT2D eigenvalue weighted by atomic mass is 15.2. The Morgan fingerprint density at radius 1 is 1.05 bits per heavy atom. The van der Waals surface area contributed by atoms with Gasteiger partial charge >= 0.3 is 0 Å². The van der Waals surface area contributed by atoms with Crippen LogP contribution in [-0.2, 0) is 0 Å². The van der Waals surface area contributed by atoms with Gasteiger partial charge in [0, 0.05) is 32.2 Å². The largest absolute Gasteiger partial charge is 0.314 e. The minimum absolute atomic E-state index is 0.646. The first-order chi connectivity index (χ1) is 10.3. The van der Waals surface area contributed by atoms with Gasteiger partial charge in [-0.3, -0.25) is 4.90 Å². The summed E-state index contributed by atoms with van der Waals surface area (Å²) in [5.41, 5.74) is 4.49. The molecule has 1 aliphatic heterocycles. The average Bonchev–Trinajstić information content (AvgIpc) is 2.53. The Morgan fingerprint density at radius 3 is 2.48 bits per heavy atom. The SMILES string of the molecule is Cc1ccc(C)c([C@H](C2CCCCC2)N2CCNCC2)c1. The average molecular weight is 286 g/mol. The zero-order chi connectivity index (χ0) is 14.7. The highest BCUT2D eigenvalue weighted by Crippen LogP contribution is 2.39. The van der Waals surface area contributed by atoms with Gasteiger partial charge in [0.25, 0.3) is 0 Å². The molecule has 116 valence electrons. The molecule has 1 atom stereocenters. The molecule has 0 bridgehead atoms. The van der Waals surface area contributed by atoms with Gasteiger partial charge in [0.05, 0.1) is 0 Å². The highest BCUT2D eigenvalue weighted by molar-refractivity contribution is 5.33. The van der Waals surface area contributed by atoms with Gasteiger partial charge in [-0.15, -0.1) is 0 Å². The Labute approximate surface area is 129 Å². The predicted octanol–water partition coefficient (Wildman–Crippen LogP) is 3.83. The fourth-order valence-electron chi connectivity index (χ4n) is 4.24. The lowest BCUT2D eigenvalue weighted by molar-refractivity contribution is 0.103. The fourth-order valence-corrected chi connectivity index (χ4v) is 4.24. The molecule has 21 heavy (non-hydrogen) atoms. The van der Waals surface area contributed by atoms with Crippen molar-refractivity contribution in [3.05, 3.63) is 34.9 Å². The fraction of sp³-hybridized carbons (Fsp3) is 0.684. The van der Waals surface area contributed by atoms with Crippen LogP contribution in [0.15, 0.2) is 18.2 Å². The van der Waals surface area contributed by atoms with Gasteiger partial charge in [0.1, 0.15) is 0 Å². The summed E-state index contributed by atoms with van der Waals surface area (Å²) in [6, 6.07) is 7.68. The maximum absolute atomic E-state index is 3.51. The van der Waals surface area contributed by atoms with E-state index in [9.17, 15) is 0 Å². The third-order valence-electron chi connectivity index (χ3n) is 5.39. The van der Waals surface area contributed by atoms with Crippen LogP contribution < -0.4 is 5.32 Å². The van der Waals surface area contributed by atoms with Crippen LogP contribution in [0.5, 0.6) is 0 Å². The van der Waals surface area contributed by atoms with Gasteiger partial charge in [-0.05, 0) is 43.7 Å². The molecule has 0 aromatic heterocycles. The number of nitrogens with one attached hydrogen (secondary N) is 1. The van der Waals surface area contributed by atoms with Gasteiger partial charge in [-0.25, -0.2) is 0 Å². The van der Waals surface area contributed by atoms with Gasteiger partial charge in [-0.2, -0.15) is 0 Å². The Balaban J connectivity index is 1.91. The Kier molecular flexibility index (Phi) is 4.97. The summed E-state index contributed by atoms with van der Waals surface area (Å²) in [7, 11) is 0. The van der Waals surface area contributed by atoms with Gasteiger partial charge < -0.3 is 5.32 Å². The first-order valence-electron chi connectivity index (χ1n) is 8.77. The first-order valence-corrected chi connectivity index (χ1v) is 8.77. The van der Waals surface area contributed by atoms with Crippen molar-refractivity contribution in [1.29, 1.82) is 0 Å². The third kappa shape index (κ3) is 3.49. The van der Waals surface area contributed by atoms with E-state index < -0.39 is 0 Å². The van der Waals surface area contributed by atoms with E-state index >= 15 is 0 Å². The smallest absolute Gasteiger partial charge is 0.0380 e. The van der Waals surface area contributed by atoms with Crippen molar-refractivity contribution in [2.24, 2.45) is 5.92 Å². The minimum Gasteiger partial charge on any atom is -0.314 e. The summed E-state index contributed by atoms with van der Waals surface area (Å²) < 4.78 is 0. The molecule has 2 fully saturated rings. The van der Waals surface area contributed by atoms with Crippen molar-refractivity contribution < 1.29 is 0 Å². The van der Waals surface area contributed by atoms with Crippen LogP contribution in [0.3, 0.4) is 0 Å². The van der Waals surface area contributed by atoms with Crippen LogP contribution in [-0.4, -0.2) is 31.1 Å². The van der Waals surface area contributed by atoms with Gasteiger partial charge in [0.15, 0.2) is 0 Å². The summed E-state index contributed by atoms with van der Waals surface area (Å²) in [6.07, 6.45) is 7.14. The molecule has 2 nitrogen and oxygen atoms in total. The summed E-state index contributed by atoms with van der Waals surface area (Å²) in [5, 5.41) is 3.51. The number of aryl methyl sites for hydroxylation is 2. The quantitative estimate of drug-likeness (QED) is 0.908. The number of piperazine rings is 1. The molecule has 1 heterocycles. The molecule has 0 radical (unpaired) electrons. The molecule has 1 aromatic carbocycles. The van der Waals surface area contributed by atoms with Crippen LogP contribution >= 0.6 is 0 Å². The van der Waals surface area contributed by atoms with Crippen LogP contribution in [0.25, 0.3) is 0 Å². The molecule has 0 unspecified atom stereocenters. The highest BCUT2D eigenvalue weighted by Gasteiger charge is 2.31. The summed E-state index contributed by atoms with van der Waals surface area (Å²) in [6.45, 7) is 9.23. The van der Waals surface area contributed by atoms with Crippen molar-refractivity contribution in [2.45, 2.75) is 52.0 Å². The van der Waals surface area contributed by atoms with Crippen molar-refractivity contribution in [2.75, 3.05) is 26.2 Å². The lowest BCUT2D eigenvalue weighted by Crippen LogP contribution is -2.47. The monoisotopic (exact) mass is 286 g/mol. The second-order valence-electron chi connectivity index (χ2n) is 6.99. The van der Waals surface area contributed by atoms with E-state index in [-0.39, 0.29) is 0 Å². The minimum atomic E-state index is 0.646. The lowest BCUT2D eigenvalue weighted by Gasteiger charge is -2.42. The van der Waals surface area contributed by atoms with E-state index in [1.54, 1.807) is 5.56 Å². The summed E-state index contributed by atoms with van der Waals surface area (Å²) in [4.78, 5) is 2.76. The Hall–Kier alpha value is -0.860. The van der Waals surface area contributed by atoms with E-state index in [1.807, 2.05) is 0 Å². The molecular formula is C19H30N2. The predicted molar refractivity (Wildman–Crippen MR) is 89.7 cm³/mol. The second kappa shape index (κ2) is 6.93. The van der Waals surface area contributed by atoms with Crippen LogP contribution in [0.4, 0.5) is 0 Å². The summed E-state index contributed by atoms with van der Waals surface area (Å²) >= 11 is 0. The number of hydrogen-bond donors (Lipinski definition) is 1. The molecule has 2 heteroatoms. The topological polar surface area (TPSA) is 15.3 Å². The van der Waals surface area contributed by atoms with E-state index in [0.29, 0.717) is 6.04 Å².